The van der Waals surface area contributed by atoms with Crippen molar-refractivity contribution in [2.75, 3.05) is 51.8 Å². The van der Waals surface area contributed by atoms with Crippen molar-refractivity contribution in [3.63, 3.8) is 0 Å². The minimum atomic E-state index is -1.97. The standard InChI is InChI=1S/C44H56N4O6/c1-7-41(51)22-28-23-46(24-41)18-14-30-29-12-9-10-13-33(29)45-37(30)26(3)36(28)31-20-32-34(21-35(31)53-5)48(25-49)39-43(32)16-19-47-17-11-15-42(8-2,38(43)47)27(4)44(39,52)40(50)54-6/h9-13,15,20-21,25-28,36,38-39,45,51-52H,7-8,14,16-19,22-24H2,1-6H3/t26-,27-,28+,36-,38+,39-,41+,42+,43-,44-/m1/s1. The van der Waals surface area contributed by atoms with Crippen molar-refractivity contribution < 1.29 is 29.3 Å². The van der Waals surface area contributed by atoms with Gasteiger partial charge in [-0.05, 0) is 79.3 Å². The van der Waals surface area contributed by atoms with Gasteiger partial charge < -0.3 is 29.6 Å². The van der Waals surface area contributed by atoms with Gasteiger partial charge in [0.1, 0.15) is 5.75 Å². The molecule has 3 N–H and O–H groups in total. The van der Waals surface area contributed by atoms with Crippen molar-refractivity contribution in [1.82, 2.24) is 14.8 Å². The molecule has 9 rings (SSSR count). The number of aliphatic hydroxyl groups is 2. The summed E-state index contributed by atoms with van der Waals surface area (Å²) in [6, 6.07) is 12.0. The van der Waals surface area contributed by atoms with E-state index in [1.54, 1.807) is 12.0 Å². The lowest BCUT2D eigenvalue weighted by atomic mass is 9.45. The fourth-order valence-corrected chi connectivity index (χ4v) is 13.3. The Labute approximate surface area is 318 Å². The highest BCUT2D eigenvalue weighted by Gasteiger charge is 2.78. The predicted octanol–water partition coefficient (Wildman–Crippen LogP) is 5.26. The molecule has 5 aliphatic heterocycles. The maximum atomic E-state index is 14.1. The van der Waals surface area contributed by atoms with E-state index in [9.17, 15) is 19.8 Å². The lowest BCUT2D eigenvalue weighted by Gasteiger charge is -2.63. The fraction of sp³-hybridized carbons (Fsp3) is 0.591. The molecular formula is C44H56N4O6. The molecule has 10 heteroatoms. The highest BCUT2D eigenvalue weighted by Crippen LogP contribution is 2.69. The van der Waals surface area contributed by atoms with E-state index >= 15 is 0 Å². The average molecular weight is 737 g/mol. The Balaban J connectivity index is 1.31. The van der Waals surface area contributed by atoms with E-state index in [-0.39, 0.29) is 23.8 Å². The summed E-state index contributed by atoms with van der Waals surface area (Å²) in [5.41, 5.74) is 2.32. The smallest absolute Gasteiger partial charge is 0.340 e. The SMILES string of the molecule is CC[C@]1(O)C[C@H]2CN(CCc3c([nH]c4ccccc34)[C@H](C)[C@H]2c2cc3c(cc2OC)N(C=O)[C@H]2[C@@](O)(C(=O)OC)[C@H](C)[C@]4(CC)C=CCN5CC[C@]32[C@@H]54)C1. The van der Waals surface area contributed by atoms with Crippen LogP contribution in [0.4, 0.5) is 5.69 Å². The molecule has 3 fully saturated rings. The molecule has 6 heterocycles. The molecule has 1 aliphatic carbocycles. The first-order valence-corrected chi connectivity index (χ1v) is 20.2. The third-order valence-corrected chi connectivity index (χ3v) is 15.7. The van der Waals surface area contributed by atoms with Gasteiger partial charge in [-0.1, -0.05) is 58.0 Å². The number of fused-ring (bicyclic) bond motifs is 6. The normalized spacial score (nSPS) is 39.5. The van der Waals surface area contributed by atoms with Gasteiger partial charge in [0.05, 0.1) is 31.5 Å². The number of aromatic amines is 1. The Morgan fingerprint density at radius 2 is 1.87 bits per heavy atom. The Kier molecular flexibility index (Phi) is 8.26. The fourth-order valence-electron chi connectivity index (χ4n) is 13.3. The molecule has 2 saturated heterocycles. The molecule has 288 valence electrons. The molecule has 54 heavy (non-hydrogen) atoms. The van der Waals surface area contributed by atoms with Crippen molar-refractivity contribution in [1.29, 1.82) is 0 Å². The first-order chi connectivity index (χ1) is 26.0. The number of H-pyrrole nitrogens is 1. The number of hydrogen-bond acceptors (Lipinski definition) is 8. The number of methoxy groups -OCH3 is 2. The van der Waals surface area contributed by atoms with Crippen LogP contribution >= 0.6 is 0 Å². The lowest BCUT2D eigenvalue weighted by molar-refractivity contribution is -0.197. The second kappa shape index (κ2) is 12.4. The van der Waals surface area contributed by atoms with Gasteiger partial charge in [0.2, 0.25) is 6.41 Å². The van der Waals surface area contributed by atoms with Gasteiger partial charge in [-0.15, -0.1) is 0 Å². The Bertz CT molecular complexity index is 2050. The quantitative estimate of drug-likeness (QED) is 0.178. The molecule has 3 aromatic rings. The van der Waals surface area contributed by atoms with E-state index in [4.69, 9.17) is 9.47 Å². The van der Waals surface area contributed by atoms with Gasteiger partial charge in [-0.2, -0.15) is 0 Å². The number of esters is 1. The van der Waals surface area contributed by atoms with Crippen molar-refractivity contribution in [2.45, 2.75) is 100 Å². The van der Waals surface area contributed by atoms with Gasteiger partial charge in [-0.3, -0.25) is 14.6 Å². The van der Waals surface area contributed by atoms with Crippen LogP contribution in [0, 0.1) is 17.3 Å². The van der Waals surface area contributed by atoms with Gasteiger partial charge >= 0.3 is 5.97 Å². The zero-order valence-corrected chi connectivity index (χ0v) is 32.6. The first-order valence-electron chi connectivity index (χ1n) is 20.2. The third kappa shape index (κ3) is 4.48. The summed E-state index contributed by atoms with van der Waals surface area (Å²) in [4.78, 5) is 38.1. The van der Waals surface area contributed by atoms with E-state index in [0.717, 1.165) is 62.1 Å². The van der Waals surface area contributed by atoms with Gasteiger partial charge in [0, 0.05) is 77.5 Å². The van der Waals surface area contributed by atoms with E-state index in [2.05, 4.69) is 78.0 Å². The second-order valence-electron chi connectivity index (χ2n) is 17.5. The average Bonchev–Trinajstić information content (AvgIpc) is 3.86. The highest BCUT2D eigenvalue weighted by atomic mass is 16.5. The number of amides is 1. The molecule has 1 amide bonds. The lowest BCUT2D eigenvalue weighted by Crippen LogP contribution is -2.78. The number of rotatable bonds is 6. The summed E-state index contributed by atoms with van der Waals surface area (Å²) in [7, 11) is 3.02. The van der Waals surface area contributed by atoms with E-state index in [0.29, 0.717) is 37.2 Å². The highest BCUT2D eigenvalue weighted by molar-refractivity contribution is 5.92. The number of aromatic nitrogens is 1. The van der Waals surface area contributed by atoms with Crippen molar-refractivity contribution in [3.05, 3.63) is 70.9 Å². The molecule has 2 bridgehead atoms. The van der Waals surface area contributed by atoms with Crippen LogP contribution in [-0.2, 0) is 26.2 Å². The summed E-state index contributed by atoms with van der Waals surface area (Å²) in [6.07, 6.45) is 8.87. The Hall–Kier alpha value is -3.70. The summed E-state index contributed by atoms with van der Waals surface area (Å²) in [5.74, 6) is -0.478. The van der Waals surface area contributed by atoms with Crippen LogP contribution < -0.4 is 9.64 Å². The molecule has 1 unspecified atom stereocenters. The number of piperidine rings is 1. The third-order valence-electron chi connectivity index (χ3n) is 15.7. The van der Waals surface area contributed by atoms with Crippen LogP contribution in [0.2, 0.25) is 0 Å². The van der Waals surface area contributed by atoms with E-state index < -0.39 is 40.0 Å². The maximum Gasteiger partial charge on any atom is 0.340 e. The zero-order valence-electron chi connectivity index (χ0n) is 32.6. The molecule has 1 saturated carbocycles. The van der Waals surface area contributed by atoms with Crippen molar-refractivity contribution in [2.24, 2.45) is 17.3 Å². The zero-order chi connectivity index (χ0) is 37.9. The summed E-state index contributed by atoms with van der Waals surface area (Å²) < 4.78 is 11.8. The second-order valence-corrected chi connectivity index (χ2v) is 17.5. The van der Waals surface area contributed by atoms with Gasteiger partial charge in [-0.25, -0.2) is 4.79 Å². The molecule has 1 aromatic heterocycles. The Morgan fingerprint density at radius 1 is 1.07 bits per heavy atom. The first kappa shape index (κ1) is 36.0. The number of hydrogen-bond donors (Lipinski definition) is 3. The van der Waals surface area contributed by atoms with E-state index in [1.165, 1.54) is 23.8 Å². The number of nitrogens with zero attached hydrogens (tertiary/aromatic N) is 3. The topological polar surface area (TPSA) is 119 Å². The van der Waals surface area contributed by atoms with Crippen LogP contribution in [0.1, 0.15) is 87.6 Å². The number of ether oxygens (including phenoxy) is 2. The maximum absolute atomic E-state index is 14.1. The molecular weight excluding hydrogens is 681 g/mol. The van der Waals surface area contributed by atoms with Gasteiger partial charge in [0.25, 0.3) is 0 Å². The monoisotopic (exact) mass is 736 g/mol. The number of para-hydroxylation sites is 1. The largest absolute Gasteiger partial charge is 0.496 e. The van der Waals surface area contributed by atoms with E-state index in [1.807, 2.05) is 13.0 Å². The van der Waals surface area contributed by atoms with Crippen LogP contribution in [-0.4, -0.2) is 108 Å². The van der Waals surface area contributed by atoms with Crippen LogP contribution in [0.25, 0.3) is 10.9 Å². The number of carbonyl (C=O) groups is 2. The summed E-state index contributed by atoms with van der Waals surface area (Å²) in [6.45, 7) is 12.5. The molecule has 6 aliphatic rings. The summed E-state index contributed by atoms with van der Waals surface area (Å²) in [5, 5.41) is 26.4. The minimum absolute atomic E-state index is 0.0335. The van der Waals surface area contributed by atoms with Gasteiger partial charge in [0.15, 0.2) is 5.60 Å². The predicted molar refractivity (Wildman–Crippen MR) is 208 cm³/mol. The number of benzene rings is 2. The van der Waals surface area contributed by atoms with Crippen LogP contribution in [0.15, 0.2) is 48.6 Å². The van der Waals surface area contributed by atoms with Crippen molar-refractivity contribution >= 4 is 29.0 Å². The van der Waals surface area contributed by atoms with Crippen LogP contribution in [0.5, 0.6) is 5.75 Å². The van der Waals surface area contributed by atoms with Crippen LogP contribution in [0.3, 0.4) is 0 Å². The minimum Gasteiger partial charge on any atom is -0.496 e. The molecule has 1 spiro atoms. The summed E-state index contributed by atoms with van der Waals surface area (Å²) >= 11 is 0. The molecule has 0 radical (unpaired) electrons. The molecule has 2 aromatic carbocycles. The van der Waals surface area contributed by atoms with Crippen molar-refractivity contribution in [3.8, 4) is 5.75 Å². The number of carbonyl (C=O) groups excluding carboxylic acids is 2. The molecule has 10 nitrogen and oxygen atoms in total. The Morgan fingerprint density at radius 3 is 2.59 bits per heavy atom. The number of nitrogens with one attached hydrogen (secondary N) is 1. The number of anilines is 1. The molecule has 11 atom stereocenters.